The molecule has 0 atom stereocenters. The molecule has 1 rings (SSSR count). The number of nitrogens with two attached hydrogens (primary N) is 1. The average molecular weight is 242 g/mol. The predicted octanol–water partition coefficient (Wildman–Crippen LogP) is 2.08. The Bertz CT molecular complexity index is 331. The summed E-state index contributed by atoms with van der Waals surface area (Å²) in [5.41, 5.74) is 7.65. The second-order valence-electron chi connectivity index (χ2n) is 3.85. The van der Waals surface area contributed by atoms with Crippen molar-refractivity contribution in [1.29, 1.82) is 0 Å². The van der Waals surface area contributed by atoms with E-state index in [9.17, 15) is 4.39 Å². The van der Waals surface area contributed by atoms with Crippen LogP contribution in [0.5, 0.6) is 0 Å². The maximum absolute atomic E-state index is 13.1. The second kappa shape index (κ2) is 6.89. The first-order valence-corrected chi connectivity index (χ1v) is 6.71. The lowest BCUT2D eigenvalue weighted by Gasteiger charge is -2.18. The van der Waals surface area contributed by atoms with Gasteiger partial charge in [0.15, 0.2) is 0 Å². The van der Waals surface area contributed by atoms with Crippen molar-refractivity contribution in [2.45, 2.75) is 13.1 Å². The maximum atomic E-state index is 13.1. The van der Waals surface area contributed by atoms with Crippen molar-refractivity contribution in [2.24, 2.45) is 5.73 Å². The fourth-order valence-corrected chi connectivity index (χ4v) is 2.05. The van der Waals surface area contributed by atoms with Crippen LogP contribution >= 0.6 is 11.8 Å². The second-order valence-corrected chi connectivity index (χ2v) is 4.83. The molecule has 0 saturated heterocycles. The van der Waals surface area contributed by atoms with Crippen LogP contribution < -0.4 is 5.73 Å². The van der Waals surface area contributed by atoms with E-state index in [1.165, 1.54) is 6.07 Å². The van der Waals surface area contributed by atoms with E-state index < -0.39 is 0 Å². The number of halogens is 1. The molecular weight excluding hydrogens is 223 g/mol. The smallest absolute Gasteiger partial charge is 0.123 e. The molecule has 0 aliphatic heterocycles. The molecule has 0 bridgehead atoms. The fourth-order valence-electron chi connectivity index (χ4n) is 1.56. The summed E-state index contributed by atoms with van der Waals surface area (Å²) < 4.78 is 13.1. The van der Waals surface area contributed by atoms with Gasteiger partial charge in [-0.3, -0.25) is 0 Å². The van der Waals surface area contributed by atoms with Gasteiger partial charge in [0.1, 0.15) is 5.82 Å². The van der Waals surface area contributed by atoms with Crippen LogP contribution in [0.15, 0.2) is 18.2 Å². The van der Waals surface area contributed by atoms with Crippen molar-refractivity contribution >= 4 is 11.8 Å². The molecule has 1 aromatic rings. The number of hydrogen-bond donors (Lipinski definition) is 1. The van der Waals surface area contributed by atoms with Crippen molar-refractivity contribution in [1.82, 2.24) is 4.90 Å². The van der Waals surface area contributed by atoms with Gasteiger partial charge < -0.3 is 10.6 Å². The van der Waals surface area contributed by atoms with Gasteiger partial charge >= 0.3 is 0 Å². The van der Waals surface area contributed by atoms with Gasteiger partial charge in [0.05, 0.1) is 0 Å². The third kappa shape index (κ3) is 4.12. The Labute approximate surface area is 101 Å². The van der Waals surface area contributed by atoms with E-state index in [1.54, 1.807) is 12.1 Å². The molecule has 0 saturated carbocycles. The summed E-state index contributed by atoms with van der Waals surface area (Å²) in [6.07, 6.45) is 2.08. The molecule has 2 N–H and O–H groups in total. The van der Waals surface area contributed by atoms with Gasteiger partial charge in [-0.25, -0.2) is 4.39 Å². The van der Waals surface area contributed by atoms with Crippen LogP contribution in [0.3, 0.4) is 0 Å². The first-order valence-electron chi connectivity index (χ1n) is 5.32. The van der Waals surface area contributed by atoms with E-state index in [0.717, 1.165) is 30.0 Å². The summed E-state index contributed by atoms with van der Waals surface area (Å²) in [6.45, 7) is 2.22. The SMILES string of the molecule is CSCCN(C)Cc1cc(F)ccc1CN. The largest absolute Gasteiger partial charge is 0.326 e. The Morgan fingerprint density at radius 1 is 1.38 bits per heavy atom. The monoisotopic (exact) mass is 242 g/mol. The van der Waals surface area contributed by atoms with Crippen LogP contribution in [0.25, 0.3) is 0 Å². The summed E-state index contributed by atoms with van der Waals surface area (Å²) in [4.78, 5) is 2.18. The topological polar surface area (TPSA) is 29.3 Å². The van der Waals surface area contributed by atoms with E-state index in [1.807, 2.05) is 18.8 Å². The van der Waals surface area contributed by atoms with Gasteiger partial charge in [0.2, 0.25) is 0 Å². The van der Waals surface area contributed by atoms with Crippen LogP contribution in [0.4, 0.5) is 4.39 Å². The van der Waals surface area contributed by atoms with Crippen LogP contribution in [0, 0.1) is 5.82 Å². The zero-order valence-corrected chi connectivity index (χ0v) is 10.7. The highest BCUT2D eigenvalue weighted by Crippen LogP contribution is 2.13. The van der Waals surface area contributed by atoms with Gasteiger partial charge in [-0.1, -0.05) is 6.07 Å². The first-order chi connectivity index (χ1) is 7.67. The van der Waals surface area contributed by atoms with E-state index in [0.29, 0.717) is 6.54 Å². The minimum atomic E-state index is -0.189. The molecule has 0 amide bonds. The van der Waals surface area contributed by atoms with Crippen LogP contribution in [0.1, 0.15) is 11.1 Å². The van der Waals surface area contributed by atoms with Crippen LogP contribution in [0.2, 0.25) is 0 Å². The molecule has 0 aliphatic rings. The number of thioether (sulfide) groups is 1. The average Bonchev–Trinajstić information content (AvgIpc) is 2.27. The van der Waals surface area contributed by atoms with E-state index in [4.69, 9.17) is 5.73 Å². The summed E-state index contributed by atoms with van der Waals surface area (Å²) in [7, 11) is 2.04. The standard InChI is InChI=1S/C12H19FN2S/c1-15(5-6-16-2)9-11-7-12(13)4-3-10(11)8-14/h3-4,7H,5-6,8-9,14H2,1-2H3. The molecule has 4 heteroatoms. The zero-order valence-electron chi connectivity index (χ0n) is 9.87. The van der Waals surface area contributed by atoms with Crippen molar-refractivity contribution in [3.05, 3.63) is 35.1 Å². The molecule has 16 heavy (non-hydrogen) atoms. The molecule has 0 spiro atoms. The summed E-state index contributed by atoms with van der Waals surface area (Å²) >= 11 is 1.81. The third-order valence-electron chi connectivity index (χ3n) is 2.51. The lowest BCUT2D eigenvalue weighted by molar-refractivity contribution is 0.347. The molecular formula is C12H19FN2S. The Morgan fingerprint density at radius 3 is 2.75 bits per heavy atom. The van der Waals surface area contributed by atoms with E-state index in [2.05, 4.69) is 11.2 Å². The number of hydrogen-bond acceptors (Lipinski definition) is 3. The number of benzene rings is 1. The van der Waals surface area contributed by atoms with Gasteiger partial charge in [0, 0.05) is 25.4 Å². The number of nitrogens with zero attached hydrogens (tertiary/aromatic N) is 1. The fraction of sp³-hybridized carbons (Fsp3) is 0.500. The number of rotatable bonds is 6. The van der Waals surface area contributed by atoms with Crippen molar-refractivity contribution in [3.63, 3.8) is 0 Å². The predicted molar refractivity (Wildman–Crippen MR) is 69.0 cm³/mol. The highest BCUT2D eigenvalue weighted by atomic mass is 32.2. The molecule has 1 aromatic carbocycles. The van der Waals surface area contributed by atoms with E-state index >= 15 is 0 Å². The minimum absolute atomic E-state index is 0.189. The van der Waals surface area contributed by atoms with Gasteiger partial charge in [-0.15, -0.1) is 0 Å². The first kappa shape index (κ1) is 13.5. The van der Waals surface area contributed by atoms with Gasteiger partial charge in [0.25, 0.3) is 0 Å². The quantitative estimate of drug-likeness (QED) is 0.828. The molecule has 0 radical (unpaired) electrons. The van der Waals surface area contributed by atoms with Crippen LogP contribution in [-0.2, 0) is 13.1 Å². The zero-order chi connectivity index (χ0) is 12.0. The highest BCUT2D eigenvalue weighted by molar-refractivity contribution is 7.98. The molecule has 0 heterocycles. The molecule has 2 nitrogen and oxygen atoms in total. The third-order valence-corrected chi connectivity index (χ3v) is 3.10. The maximum Gasteiger partial charge on any atom is 0.123 e. The molecule has 0 unspecified atom stereocenters. The van der Waals surface area contributed by atoms with Gasteiger partial charge in [-0.2, -0.15) is 11.8 Å². The minimum Gasteiger partial charge on any atom is -0.326 e. The lowest BCUT2D eigenvalue weighted by atomic mass is 10.1. The Kier molecular flexibility index (Phi) is 5.80. The molecule has 0 fully saturated rings. The molecule has 90 valence electrons. The molecule has 0 aliphatic carbocycles. The normalized spacial score (nSPS) is 11.1. The summed E-state index contributed by atoms with van der Waals surface area (Å²) in [6, 6.07) is 4.82. The van der Waals surface area contributed by atoms with Crippen molar-refractivity contribution < 1.29 is 4.39 Å². The lowest BCUT2D eigenvalue weighted by Crippen LogP contribution is -2.21. The summed E-state index contributed by atoms with van der Waals surface area (Å²) in [5, 5.41) is 0. The highest BCUT2D eigenvalue weighted by Gasteiger charge is 2.06. The van der Waals surface area contributed by atoms with Crippen molar-refractivity contribution in [2.75, 3.05) is 25.6 Å². The molecule has 0 aromatic heterocycles. The van der Waals surface area contributed by atoms with Crippen LogP contribution in [-0.4, -0.2) is 30.5 Å². The van der Waals surface area contributed by atoms with Gasteiger partial charge in [-0.05, 0) is 36.6 Å². The van der Waals surface area contributed by atoms with E-state index in [-0.39, 0.29) is 5.82 Å². The Morgan fingerprint density at radius 2 is 2.12 bits per heavy atom. The summed E-state index contributed by atoms with van der Waals surface area (Å²) in [5.74, 6) is 0.898. The van der Waals surface area contributed by atoms with Crippen molar-refractivity contribution in [3.8, 4) is 0 Å². The Balaban J connectivity index is 2.67. The Hall–Kier alpha value is -0.580.